The summed E-state index contributed by atoms with van der Waals surface area (Å²) < 4.78 is 0. The van der Waals surface area contributed by atoms with Crippen molar-refractivity contribution in [2.45, 2.75) is 52.1 Å². The second kappa shape index (κ2) is 5.36. The molecular formula is C13H21N3OS. The first-order valence-corrected chi connectivity index (χ1v) is 7.33. The predicted molar refractivity (Wildman–Crippen MR) is 74.8 cm³/mol. The Morgan fingerprint density at radius 3 is 2.94 bits per heavy atom. The van der Waals surface area contributed by atoms with Crippen LogP contribution in [0.1, 0.15) is 40.0 Å². The van der Waals surface area contributed by atoms with Crippen LogP contribution >= 0.6 is 11.3 Å². The van der Waals surface area contributed by atoms with Gasteiger partial charge >= 0.3 is 0 Å². The number of carbonyl (C=O) groups excluding carboxylic acids is 1. The topological polar surface area (TPSA) is 54.0 Å². The van der Waals surface area contributed by atoms with Gasteiger partial charge in [0.25, 0.3) is 0 Å². The zero-order chi connectivity index (χ0) is 13.2. The van der Waals surface area contributed by atoms with E-state index in [2.05, 4.69) is 29.5 Å². The summed E-state index contributed by atoms with van der Waals surface area (Å²) in [5.74, 6) is -0.00681. The maximum atomic E-state index is 12.0. The lowest BCUT2D eigenvalue weighted by Crippen LogP contribution is -2.47. The summed E-state index contributed by atoms with van der Waals surface area (Å²) in [5.41, 5.74) is 0.287. The molecule has 0 radical (unpaired) electrons. The molecule has 1 saturated carbocycles. The molecule has 18 heavy (non-hydrogen) atoms. The van der Waals surface area contributed by atoms with Gasteiger partial charge in [0, 0.05) is 17.6 Å². The molecule has 0 bridgehead atoms. The highest BCUT2D eigenvalue weighted by Crippen LogP contribution is 2.37. The molecule has 0 saturated heterocycles. The normalized spacial score (nSPS) is 23.8. The zero-order valence-corrected chi connectivity index (χ0v) is 12.0. The molecule has 1 aliphatic rings. The zero-order valence-electron chi connectivity index (χ0n) is 11.2. The van der Waals surface area contributed by atoms with Crippen LogP contribution in [0.2, 0.25) is 0 Å². The Morgan fingerprint density at radius 1 is 1.61 bits per heavy atom. The minimum absolute atomic E-state index is 0.00681. The number of hydrogen-bond donors (Lipinski definition) is 2. The van der Waals surface area contributed by atoms with E-state index in [9.17, 15) is 4.79 Å². The smallest absolute Gasteiger partial charge is 0.243 e. The molecule has 1 fully saturated rings. The molecule has 4 nitrogen and oxygen atoms in total. The van der Waals surface area contributed by atoms with Gasteiger partial charge in [-0.25, -0.2) is 4.98 Å². The average molecular weight is 267 g/mol. The fourth-order valence-electron chi connectivity index (χ4n) is 2.51. The minimum Gasteiger partial charge on any atom is -0.303 e. The van der Waals surface area contributed by atoms with E-state index in [0.717, 1.165) is 6.42 Å². The summed E-state index contributed by atoms with van der Waals surface area (Å²) in [7, 11) is 0. The number of rotatable bonds is 4. The first kappa shape index (κ1) is 13.5. The van der Waals surface area contributed by atoms with Crippen molar-refractivity contribution in [3.63, 3.8) is 0 Å². The summed E-state index contributed by atoms with van der Waals surface area (Å²) in [4.78, 5) is 16.1. The molecule has 0 aromatic carbocycles. The van der Waals surface area contributed by atoms with Gasteiger partial charge in [0.15, 0.2) is 5.13 Å². The van der Waals surface area contributed by atoms with Gasteiger partial charge in [0.1, 0.15) is 0 Å². The van der Waals surface area contributed by atoms with Crippen molar-refractivity contribution < 1.29 is 4.79 Å². The molecule has 0 unspecified atom stereocenters. The van der Waals surface area contributed by atoms with Crippen molar-refractivity contribution in [2.75, 3.05) is 5.32 Å². The molecular weight excluding hydrogens is 246 g/mol. The second-order valence-electron chi connectivity index (χ2n) is 5.65. The van der Waals surface area contributed by atoms with Gasteiger partial charge in [-0.1, -0.05) is 20.3 Å². The van der Waals surface area contributed by atoms with Crippen LogP contribution < -0.4 is 10.6 Å². The Hall–Kier alpha value is -0.940. The van der Waals surface area contributed by atoms with Crippen molar-refractivity contribution in [3.05, 3.63) is 11.6 Å². The quantitative estimate of drug-likeness (QED) is 0.881. The summed E-state index contributed by atoms with van der Waals surface area (Å²) in [6, 6.07) is 0.241. The molecule has 0 spiro atoms. The average Bonchev–Trinajstić information content (AvgIpc) is 2.89. The molecule has 5 heteroatoms. The fraction of sp³-hybridized carbons (Fsp3) is 0.692. The lowest BCUT2D eigenvalue weighted by atomic mass is 9.87. The number of amides is 1. The van der Waals surface area contributed by atoms with Crippen LogP contribution in [0.25, 0.3) is 0 Å². The van der Waals surface area contributed by atoms with Crippen LogP contribution in [0, 0.1) is 5.41 Å². The highest BCUT2D eigenvalue weighted by atomic mass is 32.1. The van der Waals surface area contributed by atoms with Gasteiger partial charge in [-0.05, 0) is 25.2 Å². The minimum atomic E-state index is -0.184. The number of carbonyl (C=O) groups is 1. The Kier molecular flexibility index (Phi) is 4.02. The molecule has 1 aliphatic carbocycles. The highest BCUT2D eigenvalue weighted by Gasteiger charge is 2.35. The van der Waals surface area contributed by atoms with E-state index in [1.807, 2.05) is 12.3 Å². The van der Waals surface area contributed by atoms with Crippen molar-refractivity contribution in [3.8, 4) is 0 Å². The van der Waals surface area contributed by atoms with E-state index in [1.54, 1.807) is 6.20 Å². The second-order valence-corrected chi connectivity index (χ2v) is 6.54. The maximum absolute atomic E-state index is 12.0. The summed E-state index contributed by atoms with van der Waals surface area (Å²) >= 11 is 1.44. The highest BCUT2D eigenvalue weighted by molar-refractivity contribution is 7.13. The number of anilines is 1. The van der Waals surface area contributed by atoms with E-state index in [0.29, 0.717) is 11.2 Å². The summed E-state index contributed by atoms with van der Waals surface area (Å²) in [6.45, 7) is 6.45. The summed E-state index contributed by atoms with van der Waals surface area (Å²) in [5, 5.41) is 8.80. The van der Waals surface area contributed by atoms with Crippen LogP contribution in [-0.2, 0) is 4.79 Å². The third-order valence-corrected chi connectivity index (χ3v) is 4.45. The molecule has 1 aromatic rings. The third kappa shape index (κ3) is 3.09. The first-order chi connectivity index (χ1) is 8.49. The standard InChI is InChI=1S/C13H21N3OS/c1-9(11(17)16-12-14-7-8-18-12)15-10-5-4-6-13(10,2)3/h7-10,15H,4-6H2,1-3H3,(H,14,16,17)/t9-,10-/m0/s1. The van der Waals surface area contributed by atoms with Gasteiger partial charge < -0.3 is 10.6 Å². The molecule has 2 atom stereocenters. The van der Waals surface area contributed by atoms with Crippen molar-refractivity contribution in [1.82, 2.24) is 10.3 Å². The van der Waals surface area contributed by atoms with E-state index in [-0.39, 0.29) is 17.4 Å². The first-order valence-electron chi connectivity index (χ1n) is 6.45. The lowest BCUT2D eigenvalue weighted by molar-refractivity contribution is -0.118. The number of nitrogens with zero attached hydrogens (tertiary/aromatic N) is 1. The van der Waals surface area contributed by atoms with Crippen LogP contribution in [0.3, 0.4) is 0 Å². The number of hydrogen-bond acceptors (Lipinski definition) is 4. The number of nitrogens with one attached hydrogen (secondary N) is 2. The van der Waals surface area contributed by atoms with Crippen molar-refractivity contribution in [1.29, 1.82) is 0 Å². The van der Waals surface area contributed by atoms with Crippen molar-refractivity contribution in [2.24, 2.45) is 5.41 Å². The van der Waals surface area contributed by atoms with E-state index >= 15 is 0 Å². The molecule has 2 rings (SSSR count). The third-order valence-electron chi connectivity index (χ3n) is 3.76. The molecule has 1 aromatic heterocycles. The monoisotopic (exact) mass is 267 g/mol. The molecule has 1 heterocycles. The van der Waals surface area contributed by atoms with E-state index < -0.39 is 0 Å². The largest absolute Gasteiger partial charge is 0.303 e. The Balaban J connectivity index is 1.87. The van der Waals surface area contributed by atoms with Gasteiger partial charge in [-0.3, -0.25) is 4.79 Å². The maximum Gasteiger partial charge on any atom is 0.243 e. The van der Waals surface area contributed by atoms with Crippen molar-refractivity contribution >= 4 is 22.4 Å². The Bertz CT molecular complexity index is 402. The molecule has 100 valence electrons. The van der Waals surface area contributed by atoms with Crippen LogP contribution in [0.5, 0.6) is 0 Å². The van der Waals surface area contributed by atoms with E-state index in [1.165, 1.54) is 24.2 Å². The molecule has 1 amide bonds. The van der Waals surface area contributed by atoms with Crippen LogP contribution in [0.15, 0.2) is 11.6 Å². The molecule has 0 aliphatic heterocycles. The van der Waals surface area contributed by atoms with E-state index in [4.69, 9.17) is 0 Å². The summed E-state index contributed by atoms with van der Waals surface area (Å²) in [6.07, 6.45) is 5.32. The number of thiazole rings is 1. The van der Waals surface area contributed by atoms with Gasteiger partial charge in [-0.2, -0.15) is 0 Å². The van der Waals surface area contributed by atoms with Gasteiger partial charge in [-0.15, -0.1) is 11.3 Å². The number of aromatic nitrogens is 1. The fourth-order valence-corrected chi connectivity index (χ4v) is 3.04. The Morgan fingerprint density at radius 2 is 2.39 bits per heavy atom. The van der Waals surface area contributed by atoms with Crippen LogP contribution in [0.4, 0.5) is 5.13 Å². The molecule has 2 N–H and O–H groups in total. The van der Waals surface area contributed by atoms with Gasteiger partial charge in [0.2, 0.25) is 5.91 Å². The Labute approximate surface area is 112 Å². The lowest BCUT2D eigenvalue weighted by Gasteiger charge is -2.30. The van der Waals surface area contributed by atoms with Crippen LogP contribution in [-0.4, -0.2) is 23.0 Å². The SMILES string of the molecule is C[C@H](N[C@H]1CCCC1(C)C)C(=O)Nc1nccs1. The predicted octanol–water partition coefficient (Wildman–Crippen LogP) is 2.64. The van der Waals surface area contributed by atoms with Gasteiger partial charge in [0.05, 0.1) is 6.04 Å².